The van der Waals surface area contributed by atoms with Crippen molar-refractivity contribution in [1.82, 2.24) is 15.1 Å². The van der Waals surface area contributed by atoms with Crippen molar-refractivity contribution in [2.75, 3.05) is 24.2 Å². The Balaban J connectivity index is 0.00000240. The summed E-state index contributed by atoms with van der Waals surface area (Å²) in [6.45, 7) is 1.44. The molecule has 0 aromatic heterocycles. The fraction of sp³-hybridized carbons (Fsp3) is 0.556. The number of carboxylic acids is 1. The van der Waals surface area contributed by atoms with Gasteiger partial charge in [-0.3, -0.25) is 19.3 Å². The van der Waals surface area contributed by atoms with Crippen LogP contribution in [0.5, 0.6) is 0 Å². The molecule has 0 aromatic carbocycles. The molecule has 2 N–H and O–H groups in total. The van der Waals surface area contributed by atoms with Crippen molar-refractivity contribution in [3.8, 4) is 0 Å². The largest absolute Gasteiger partial charge is 0.477 e. The van der Waals surface area contributed by atoms with Crippen LogP contribution in [0.15, 0.2) is 22.9 Å². The summed E-state index contributed by atoms with van der Waals surface area (Å²) in [6.07, 6.45) is 4.57. The standard InChI is InChI=1S/C18H20BrN3O5S.Na/c19-6-12(23)20-13-16(25)22-14(18(26)27)11(8-28-17(13)22)5-10-3-4-21(15(10)24)7-9-1-2-9;/h5,9,13,17H,1-4,6-8H2,(H,20,23)(H,26,27);/t13-,17-;/m1./s1. The number of fused-ring (bicyclic) bond motifs is 1. The van der Waals surface area contributed by atoms with Gasteiger partial charge in [-0.2, -0.15) is 0 Å². The summed E-state index contributed by atoms with van der Waals surface area (Å²) in [5.74, 6) is -1.01. The van der Waals surface area contributed by atoms with E-state index in [1.54, 1.807) is 6.08 Å². The van der Waals surface area contributed by atoms with Gasteiger partial charge in [-0.25, -0.2) is 4.79 Å². The zero-order valence-electron chi connectivity index (χ0n) is 16.0. The monoisotopic (exact) mass is 492 g/mol. The maximum atomic E-state index is 12.6. The molecule has 8 nitrogen and oxygen atoms in total. The summed E-state index contributed by atoms with van der Waals surface area (Å²) in [5, 5.41) is 12.0. The van der Waals surface area contributed by atoms with Crippen molar-refractivity contribution in [1.29, 1.82) is 0 Å². The molecule has 0 spiro atoms. The van der Waals surface area contributed by atoms with Gasteiger partial charge in [0.05, 0.1) is 5.33 Å². The van der Waals surface area contributed by atoms with Crippen LogP contribution in [0, 0.1) is 5.92 Å². The first-order chi connectivity index (χ1) is 13.4. The molecule has 0 aromatic rings. The molecule has 4 aliphatic rings. The second kappa shape index (κ2) is 9.13. The van der Waals surface area contributed by atoms with Crippen molar-refractivity contribution in [3.05, 3.63) is 22.9 Å². The predicted octanol–water partition coefficient (Wildman–Crippen LogP) is 0.308. The Labute approximate surface area is 202 Å². The number of nitrogens with zero attached hydrogens (tertiary/aromatic N) is 2. The van der Waals surface area contributed by atoms with Gasteiger partial charge in [0.1, 0.15) is 17.1 Å². The first-order valence-electron chi connectivity index (χ1n) is 9.17. The van der Waals surface area contributed by atoms with Crippen LogP contribution in [-0.2, 0) is 19.2 Å². The van der Waals surface area contributed by atoms with E-state index in [2.05, 4.69) is 21.2 Å². The molecule has 3 heterocycles. The van der Waals surface area contributed by atoms with Crippen LogP contribution in [0.25, 0.3) is 0 Å². The molecule has 29 heavy (non-hydrogen) atoms. The number of nitrogens with one attached hydrogen (secondary N) is 1. The number of β-lactam (4-membered cyclic amide) rings is 1. The molecule has 11 heteroatoms. The van der Waals surface area contributed by atoms with E-state index in [0.717, 1.165) is 6.54 Å². The van der Waals surface area contributed by atoms with Crippen molar-refractivity contribution in [2.24, 2.45) is 5.92 Å². The summed E-state index contributed by atoms with van der Waals surface area (Å²) in [7, 11) is 0. The first kappa shape index (κ1) is 22.9. The summed E-state index contributed by atoms with van der Waals surface area (Å²) in [4.78, 5) is 51.6. The molecule has 0 unspecified atom stereocenters. The van der Waals surface area contributed by atoms with Crippen molar-refractivity contribution in [2.45, 2.75) is 30.7 Å². The van der Waals surface area contributed by atoms with Crippen LogP contribution in [0.2, 0.25) is 0 Å². The minimum absolute atomic E-state index is 0. The molecule has 3 aliphatic heterocycles. The second-order valence-electron chi connectivity index (χ2n) is 7.38. The van der Waals surface area contributed by atoms with Gasteiger partial charge in [-0.1, -0.05) is 15.9 Å². The van der Waals surface area contributed by atoms with E-state index >= 15 is 0 Å². The Morgan fingerprint density at radius 1 is 1.31 bits per heavy atom. The molecule has 2 atom stereocenters. The number of rotatable bonds is 6. The van der Waals surface area contributed by atoms with Gasteiger partial charge in [0.15, 0.2) is 0 Å². The average molecular weight is 493 g/mol. The van der Waals surface area contributed by atoms with Crippen LogP contribution in [0.3, 0.4) is 0 Å². The Morgan fingerprint density at radius 3 is 2.66 bits per heavy atom. The predicted molar refractivity (Wildman–Crippen MR) is 111 cm³/mol. The van der Waals surface area contributed by atoms with Crippen molar-refractivity contribution < 1.29 is 24.3 Å². The molecule has 3 amide bonds. The first-order valence-corrected chi connectivity index (χ1v) is 11.3. The Hall–Kier alpha value is -0.810. The van der Waals surface area contributed by atoms with E-state index in [-0.39, 0.29) is 52.4 Å². The van der Waals surface area contributed by atoms with E-state index in [0.29, 0.717) is 35.8 Å². The van der Waals surface area contributed by atoms with Crippen molar-refractivity contribution in [3.63, 3.8) is 0 Å². The normalized spacial score (nSPS) is 27.6. The van der Waals surface area contributed by atoms with E-state index in [4.69, 9.17) is 0 Å². The maximum Gasteiger partial charge on any atom is 0.352 e. The number of allylic oxidation sites excluding steroid dienone is 1. The van der Waals surface area contributed by atoms with Crippen LogP contribution in [0.4, 0.5) is 0 Å². The van der Waals surface area contributed by atoms with Gasteiger partial charge in [-0.15, -0.1) is 11.8 Å². The molecular weight excluding hydrogens is 473 g/mol. The fourth-order valence-corrected chi connectivity index (χ4v) is 5.23. The quantitative estimate of drug-likeness (QED) is 0.239. The zero-order valence-corrected chi connectivity index (χ0v) is 20.4. The summed E-state index contributed by atoms with van der Waals surface area (Å²) < 4.78 is 0. The maximum absolute atomic E-state index is 12.6. The number of alkyl halides is 1. The fourth-order valence-electron chi connectivity index (χ4n) is 3.76. The van der Waals surface area contributed by atoms with E-state index in [9.17, 15) is 24.3 Å². The van der Waals surface area contributed by atoms with Gasteiger partial charge < -0.3 is 15.3 Å². The minimum Gasteiger partial charge on any atom is -0.477 e. The number of likely N-dealkylation sites (tertiary alicyclic amines) is 1. The van der Waals surface area contributed by atoms with E-state index in [1.807, 2.05) is 4.90 Å². The number of carbonyl (C=O) groups is 4. The summed E-state index contributed by atoms with van der Waals surface area (Å²) >= 11 is 4.43. The second-order valence-corrected chi connectivity index (χ2v) is 9.05. The van der Waals surface area contributed by atoms with Crippen LogP contribution < -0.4 is 5.32 Å². The topological polar surface area (TPSA) is 107 Å². The Morgan fingerprint density at radius 2 is 2.03 bits per heavy atom. The summed E-state index contributed by atoms with van der Waals surface area (Å²) in [6, 6.07) is -0.722. The Bertz CT molecular complexity index is 828. The number of halogens is 1. The van der Waals surface area contributed by atoms with Gasteiger partial charge in [-0.05, 0) is 36.8 Å². The number of thioether (sulfide) groups is 1. The molecule has 3 fully saturated rings. The number of carboxylic acid groups (broad SMARTS) is 1. The van der Waals surface area contributed by atoms with Gasteiger partial charge >= 0.3 is 5.97 Å². The number of carbonyl (C=O) groups excluding carboxylic acids is 3. The van der Waals surface area contributed by atoms with Crippen LogP contribution in [-0.4, -0.2) is 104 Å². The molecule has 151 valence electrons. The number of aliphatic carboxylic acids is 1. The average Bonchev–Trinajstić information content (AvgIpc) is 3.44. The summed E-state index contributed by atoms with van der Waals surface area (Å²) in [5.41, 5.74) is 0.994. The third-order valence-corrected chi connectivity index (χ3v) is 7.19. The van der Waals surface area contributed by atoms with E-state index < -0.39 is 23.3 Å². The third kappa shape index (κ3) is 4.46. The van der Waals surface area contributed by atoms with E-state index in [1.165, 1.54) is 29.5 Å². The van der Waals surface area contributed by atoms with Crippen molar-refractivity contribution >= 4 is 80.9 Å². The van der Waals surface area contributed by atoms with Gasteiger partial charge in [0, 0.05) is 54.0 Å². The Kier molecular flexibility index (Phi) is 7.20. The molecule has 1 aliphatic carbocycles. The van der Waals surface area contributed by atoms with Crippen LogP contribution >= 0.6 is 27.7 Å². The zero-order chi connectivity index (χ0) is 20.0. The number of hydrogen-bond donors (Lipinski definition) is 2. The molecule has 1 saturated carbocycles. The third-order valence-electron chi connectivity index (χ3n) is 5.38. The molecular formula is C18H20BrN3NaO5S. The minimum atomic E-state index is -1.20. The number of amides is 3. The molecule has 0 bridgehead atoms. The molecule has 1 radical (unpaired) electrons. The van der Waals surface area contributed by atoms with Crippen LogP contribution in [0.1, 0.15) is 19.3 Å². The molecule has 4 rings (SSSR count). The SMILES string of the molecule is O=C(CBr)N[C@@H]1C(=O)N2C(C(=O)O)=C(C=C3CCN(CC4CC4)C3=O)CS[C@H]12.[Na]. The van der Waals surface area contributed by atoms with Gasteiger partial charge in [0.2, 0.25) is 11.8 Å². The molecule has 2 saturated heterocycles. The number of hydrogen-bond acceptors (Lipinski definition) is 5. The van der Waals surface area contributed by atoms with Gasteiger partial charge in [0.25, 0.3) is 5.91 Å². The smallest absolute Gasteiger partial charge is 0.352 e.